The van der Waals surface area contributed by atoms with Gasteiger partial charge in [0.15, 0.2) is 0 Å². The molecule has 73 heavy (non-hydrogen) atoms. The summed E-state index contributed by atoms with van der Waals surface area (Å²) in [5, 5.41) is 13.8. The van der Waals surface area contributed by atoms with Gasteiger partial charge in [-0.25, -0.2) is 0 Å². The number of phosphoric acid groups is 1. The highest BCUT2D eigenvalue weighted by Crippen LogP contribution is 2.38. The van der Waals surface area contributed by atoms with Crippen LogP contribution in [0.4, 0.5) is 0 Å². The zero-order chi connectivity index (χ0) is 53.5. The van der Waals surface area contributed by atoms with Crippen LogP contribution in [0.5, 0.6) is 0 Å². The van der Waals surface area contributed by atoms with Crippen molar-refractivity contribution < 1.29 is 32.9 Å². The molecule has 8 nitrogen and oxygen atoms in total. The van der Waals surface area contributed by atoms with Crippen LogP contribution >= 0.6 is 7.82 Å². The van der Waals surface area contributed by atoms with Crippen LogP contribution in [-0.4, -0.2) is 68.5 Å². The molecule has 0 aromatic heterocycles. The Kier molecular flexibility index (Phi) is 52.3. The maximum absolute atomic E-state index is 12.9. The van der Waals surface area contributed by atoms with Crippen LogP contribution in [0, 0.1) is 0 Å². The van der Waals surface area contributed by atoms with Crippen molar-refractivity contribution in [3.8, 4) is 0 Å². The summed E-state index contributed by atoms with van der Waals surface area (Å²) in [5.41, 5.74) is 0. The van der Waals surface area contributed by atoms with E-state index in [4.69, 9.17) is 9.05 Å². The van der Waals surface area contributed by atoms with Gasteiger partial charge in [0.05, 0.1) is 39.9 Å². The van der Waals surface area contributed by atoms with Crippen molar-refractivity contribution >= 4 is 13.7 Å². The van der Waals surface area contributed by atoms with E-state index in [9.17, 15) is 19.4 Å². The molecule has 0 saturated heterocycles. The largest absolute Gasteiger partial charge is 0.756 e. The van der Waals surface area contributed by atoms with Gasteiger partial charge >= 0.3 is 0 Å². The second-order valence-corrected chi connectivity index (χ2v) is 22.7. The number of carbonyl (C=O) groups is 1. The average Bonchev–Trinajstić information content (AvgIpc) is 3.35. The van der Waals surface area contributed by atoms with Gasteiger partial charge in [0.1, 0.15) is 13.2 Å². The Morgan fingerprint density at radius 2 is 0.849 bits per heavy atom. The number of unbranched alkanes of at least 4 members (excludes halogenated alkanes) is 27. The van der Waals surface area contributed by atoms with Gasteiger partial charge in [-0.15, -0.1) is 0 Å². The van der Waals surface area contributed by atoms with Crippen molar-refractivity contribution in [1.82, 2.24) is 5.32 Å². The maximum Gasteiger partial charge on any atom is 0.268 e. The summed E-state index contributed by atoms with van der Waals surface area (Å²) in [6.45, 7) is 4.49. The lowest BCUT2D eigenvalue weighted by Gasteiger charge is -2.29. The molecule has 0 rings (SSSR count). The van der Waals surface area contributed by atoms with Gasteiger partial charge in [-0.1, -0.05) is 259 Å². The fourth-order valence-corrected chi connectivity index (χ4v) is 9.07. The van der Waals surface area contributed by atoms with E-state index in [2.05, 4.69) is 104 Å². The van der Waals surface area contributed by atoms with Crippen molar-refractivity contribution in [3.05, 3.63) is 97.2 Å². The fraction of sp³-hybridized carbons (Fsp3) is 0.734. The minimum absolute atomic E-state index is 0.0201. The number of nitrogens with one attached hydrogen (secondary N) is 1. The molecule has 3 atom stereocenters. The predicted octanol–water partition coefficient (Wildman–Crippen LogP) is 18.0. The lowest BCUT2D eigenvalue weighted by atomic mass is 10.0. The molecule has 1 amide bonds. The van der Waals surface area contributed by atoms with E-state index in [1.165, 1.54) is 154 Å². The van der Waals surface area contributed by atoms with Gasteiger partial charge in [0.2, 0.25) is 5.91 Å². The zero-order valence-electron chi connectivity index (χ0n) is 48.1. The molecule has 9 heteroatoms. The number of hydrogen-bond donors (Lipinski definition) is 2. The summed E-state index contributed by atoms with van der Waals surface area (Å²) in [4.78, 5) is 25.5. The van der Waals surface area contributed by atoms with E-state index in [1.807, 2.05) is 27.2 Å². The van der Waals surface area contributed by atoms with Crippen LogP contribution in [0.1, 0.15) is 251 Å². The number of quaternary nitrogens is 1. The second kappa shape index (κ2) is 54.2. The first-order valence-corrected chi connectivity index (χ1v) is 31.6. The number of amides is 1. The molecular weight excluding hydrogens is 924 g/mol. The topological polar surface area (TPSA) is 108 Å². The average molecular weight is 1040 g/mol. The molecule has 0 fully saturated rings. The van der Waals surface area contributed by atoms with Gasteiger partial charge in [-0.2, -0.15) is 0 Å². The fourth-order valence-electron chi connectivity index (χ4n) is 8.35. The summed E-state index contributed by atoms with van der Waals surface area (Å²) in [7, 11) is 1.20. The number of nitrogens with zero attached hydrogens (tertiary/aromatic N) is 1. The number of rotatable bonds is 54. The number of carbonyl (C=O) groups excluding carboxylic acids is 1. The quantitative estimate of drug-likeness (QED) is 0.0272. The van der Waals surface area contributed by atoms with Crippen LogP contribution in [0.25, 0.3) is 0 Å². The van der Waals surface area contributed by atoms with Gasteiger partial charge in [-0.05, 0) is 83.5 Å². The van der Waals surface area contributed by atoms with Crippen molar-refractivity contribution in [2.24, 2.45) is 0 Å². The number of phosphoric ester groups is 1. The molecular formula is C64H115N2O6P. The first kappa shape index (κ1) is 70.4. The van der Waals surface area contributed by atoms with Crippen molar-refractivity contribution in [1.29, 1.82) is 0 Å². The highest BCUT2D eigenvalue weighted by Gasteiger charge is 2.23. The summed E-state index contributed by atoms with van der Waals surface area (Å²) in [6.07, 6.45) is 78.0. The lowest BCUT2D eigenvalue weighted by Crippen LogP contribution is -2.45. The Bertz CT molecular complexity index is 1510. The highest BCUT2D eigenvalue weighted by atomic mass is 31.2. The first-order chi connectivity index (χ1) is 35.5. The normalized spacial score (nSPS) is 14.6. The third-order valence-electron chi connectivity index (χ3n) is 13.0. The van der Waals surface area contributed by atoms with E-state index >= 15 is 0 Å². The molecule has 0 bridgehead atoms. The minimum Gasteiger partial charge on any atom is -0.756 e. The van der Waals surface area contributed by atoms with Crippen molar-refractivity contribution in [2.75, 3.05) is 40.9 Å². The number of hydrogen-bond acceptors (Lipinski definition) is 6. The SMILES string of the molecule is CC/C=C\C/C=C\C/C=C\C/C=C\C/C=C\C/C=C\CCCCC(=O)NC(COP(=O)([O-])OCC[N+](C)(C)C)C(O)/C=C/CC/C=C/CCCCCCCCCCCCCCCCCCCCCCCCCC. The zero-order valence-corrected chi connectivity index (χ0v) is 49.0. The van der Waals surface area contributed by atoms with Gasteiger partial charge in [-0.3, -0.25) is 9.36 Å². The highest BCUT2D eigenvalue weighted by molar-refractivity contribution is 7.45. The number of allylic oxidation sites excluding steroid dienone is 15. The molecule has 0 aliphatic rings. The van der Waals surface area contributed by atoms with Gasteiger partial charge in [0.25, 0.3) is 7.82 Å². The third-order valence-corrected chi connectivity index (χ3v) is 14.0. The Hall–Kier alpha value is -2.58. The molecule has 0 aromatic rings. The summed E-state index contributed by atoms with van der Waals surface area (Å²) in [6, 6.07) is -0.935. The summed E-state index contributed by atoms with van der Waals surface area (Å²) >= 11 is 0. The van der Waals surface area contributed by atoms with Crippen LogP contribution in [0.2, 0.25) is 0 Å². The molecule has 0 radical (unpaired) electrons. The lowest BCUT2D eigenvalue weighted by molar-refractivity contribution is -0.870. The Morgan fingerprint density at radius 1 is 0.493 bits per heavy atom. The monoisotopic (exact) mass is 1040 g/mol. The number of likely N-dealkylation sites (N-methyl/N-ethyl adjacent to an activating group) is 1. The van der Waals surface area contributed by atoms with Crippen molar-refractivity contribution in [3.63, 3.8) is 0 Å². The van der Waals surface area contributed by atoms with E-state index < -0.39 is 26.6 Å². The summed E-state index contributed by atoms with van der Waals surface area (Å²) < 4.78 is 23.3. The molecule has 3 unspecified atom stereocenters. The van der Waals surface area contributed by atoms with Crippen LogP contribution in [0.3, 0.4) is 0 Å². The van der Waals surface area contributed by atoms with E-state index in [0.29, 0.717) is 17.4 Å². The Labute approximate surface area is 451 Å². The molecule has 0 heterocycles. The standard InChI is InChI=1S/C64H115N2O6P/c1-6-8-10-12-14-16-18-20-22-24-26-28-29-30-31-32-33-34-35-36-38-39-41-43-45-47-49-51-53-55-57-63(67)62(61-72-73(69,70)71-60-59-66(3,4)5)65-64(68)58-56-54-52-50-48-46-44-42-40-37-27-25-23-21-19-17-15-13-11-9-7-2/h9,11,15,17,21,23,27,37,42,44,47-50,55,57,62-63,67H,6-8,10,12-14,16,18-20,22,24-26,28-36,38-41,43,45-46,51-54,56,58-61H2,1-5H3,(H-,65,68,69,70)/b11-9-,17-15-,23-21-,37-27-,44-42-,49-47+,50-48-,57-55+. The predicted molar refractivity (Wildman–Crippen MR) is 316 cm³/mol. The van der Waals surface area contributed by atoms with Crippen molar-refractivity contribution in [2.45, 2.75) is 264 Å². The van der Waals surface area contributed by atoms with Crippen LogP contribution in [0.15, 0.2) is 97.2 Å². The van der Waals surface area contributed by atoms with E-state index in [0.717, 1.165) is 70.6 Å². The smallest absolute Gasteiger partial charge is 0.268 e. The summed E-state index contributed by atoms with van der Waals surface area (Å²) in [5.74, 6) is -0.251. The molecule has 2 N–H and O–H groups in total. The molecule has 0 aliphatic carbocycles. The Morgan fingerprint density at radius 3 is 1.27 bits per heavy atom. The maximum atomic E-state index is 12.9. The van der Waals surface area contributed by atoms with E-state index in [1.54, 1.807) is 6.08 Å². The molecule has 422 valence electrons. The molecule has 0 saturated carbocycles. The molecule has 0 spiro atoms. The number of aliphatic hydroxyl groups excluding tert-OH is 1. The van der Waals surface area contributed by atoms with Crippen LogP contribution < -0.4 is 10.2 Å². The second-order valence-electron chi connectivity index (χ2n) is 21.3. The Balaban J connectivity index is 4.28. The number of aliphatic hydroxyl groups is 1. The third kappa shape index (κ3) is 57.0. The first-order valence-electron chi connectivity index (χ1n) is 30.1. The van der Waals surface area contributed by atoms with Crippen LogP contribution in [-0.2, 0) is 18.4 Å². The van der Waals surface area contributed by atoms with E-state index in [-0.39, 0.29) is 18.9 Å². The minimum atomic E-state index is -4.63. The van der Waals surface area contributed by atoms with Gasteiger partial charge < -0.3 is 28.8 Å². The molecule has 0 aromatic carbocycles. The molecule has 0 aliphatic heterocycles. The van der Waals surface area contributed by atoms with Gasteiger partial charge in [0, 0.05) is 6.42 Å².